The van der Waals surface area contributed by atoms with Gasteiger partial charge in [-0.15, -0.1) is 13.2 Å². The van der Waals surface area contributed by atoms with E-state index in [0.717, 1.165) is 25.9 Å². The molecule has 1 aromatic heterocycles. The smallest absolute Gasteiger partial charge is 0.230 e. The van der Waals surface area contributed by atoms with E-state index in [1.807, 2.05) is 18.2 Å². The first-order valence-corrected chi connectivity index (χ1v) is 7.26. The Morgan fingerprint density at radius 2 is 1.57 bits per heavy atom. The maximum absolute atomic E-state index is 3.86. The minimum atomic E-state index is 0.828. The second-order valence-corrected chi connectivity index (χ2v) is 5.09. The summed E-state index contributed by atoms with van der Waals surface area (Å²) in [6.07, 6.45) is 11.8. The summed E-state index contributed by atoms with van der Waals surface area (Å²) in [7, 11) is 0. The molecule has 0 radical (unpaired) electrons. The molecule has 1 heterocycles. The number of hydrogen-bond donors (Lipinski definition) is 0. The molecule has 0 spiro atoms. The normalized spacial score (nSPS) is 10.3. The third-order valence-corrected chi connectivity index (χ3v) is 3.50. The second kappa shape index (κ2) is 7.44. The van der Waals surface area contributed by atoms with Crippen LogP contribution in [0.4, 0.5) is 0 Å². The molecule has 0 aliphatic carbocycles. The largest absolute Gasteiger partial charge is 0.260 e. The van der Waals surface area contributed by atoms with E-state index >= 15 is 0 Å². The van der Waals surface area contributed by atoms with Crippen LogP contribution >= 0.6 is 0 Å². The van der Waals surface area contributed by atoms with Gasteiger partial charge in [0.1, 0.15) is 25.5 Å². The van der Waals surface area contributed by atoms with E-state index in [4.69, 9.17) is 0 Å². The van der Waals surface area contributed by atoms with Gasteiger partial charge in [-0.2, -0.15) is 0 Å². The minimum absolute atomic E-state index is 0.828. The first-order valence-electron chi connectivity index (χ1n) is 7.26. The van der Waals surface area contributed by atoms with Crippen LogP contribution in [0.5, 0.6) is 0 Å². The highest BCUT2D eigenvalue weighted by atomic mass is 15.1. The van der Waals surface area contributed by atoms with E-state index in [9.17, 15) is 0 Å². The fraction of sp³-hybridized carbons (Fsp3) is 0.211. The molecular weight excluding hydrogens is 256 g/mol. The van der Waals surface area contributed by atoms with Crippen molar-refractivity contribution < 1.29 is 4.57 Å². The maximum Gasteiger partial charge on any atom is 0.260 e. The molecule has 108 valence electrons. The van der Waals surface area contributed by atoms with Gasteiger partial charge in [0.15, 0.2) is 0 Å². The molecule has 0 fully saturated rings. The highest BCUT2D eigenvalue weighted by Gasteiger charge is 2.14. The van der Waals surface area contributed by atoms with E-state index in [1.165, 1.54) is 17.0 Å². The van der Waals surface area contributed by atoms with Crippen molar-refractivity contribution >= 4 is 0 Å². The average Bonchev–Trinajstić information content (AvgIpc) is 2.85. The average molecular weight is 279 g/mol. The fourth-order valence-electron chi connectivity index (χ4n) is 2.46. The fourth-order valence-corrected chi connectivity index (χ4v) is 2.46. The molecule has 2 rings (SSSR count). The van der Waals surface area contributed by atoms with E-state index in [1.54, 1.807) is 0 Å². The number of benzene rings is 1. The van der Waals surface area contributed by atoms with Crippen LogP contribution in [0.25, 0.3) is 0 Å². The van der Waals surface area contributed by atoms with Crippen molar-refractivity contribution in [1.29, 1.82) is 0 Å². The molecule has 0 saturated heterocycles. The standard InChI is InChI=1S/C19H23N2/c1-4-7-17-9-11-18(12-10-17)16-21-15-14-20(13-6-3)19(21)8-5-2/h4-6,9-12,14-15H,1-3,7-8,13,16H2/q+1. The van der Waals surface area contributed by atoms with Crippen LogP contribution in [0.15, 0.2) is 74.6 Å². The first-order chi connectivity index (χ1) is 10.3. The molecular formula is C19H23N2+. The van der Waals surface area contributed by atoms with Crippen molar-refractivity contribution in [3.8, 4) is 0 Å². The molecule has 0 aliphatic heterocycles. The number of rotatable bonds is 8. The van der Waals surface area contributed by atoms with E-state index in [-0.39, 0.29) is 0 Å². The van der Waals surface area contributed by atoms with Gasteiger partial charge in [-0.1, -0.05) is 49.1 Å². The Kier molecular flexibility index (Phi) is 5.33. The molecule has 2 aromatic rings. The van der Waals surface area contributed by atoms with Crippen LogP contribution in [-0.4, -0.2) is 4.57 Å². The Balaban J connectivity index is 2.19. The predicted molar refractivity (Wildman–Crippen MR) is 88.2 cm³/mol. The van der Waals surface area contributed by atoms with E-state index in [2.05, 4.69) is 65.5 Å². The van der Waals surface area contributed by atoms with Crippen molar-refractivity contribution in [2.45, 2.75) is 25.9 Å². The Labute approximate surface area is 127 Å². The topological polar surface area (TPSA) is 8.81 Å². The van der Waals surface area contributed by atoms with Gasteiger partial charge in [0, 0.05) is 0 Å². The molecule has 2 heteroatoms. The molecule has 1 aromatic carbocycles. The zero-order chi connectivity index (χ0) is 15.1. The van der Waals surface area contributed by atoms with Gasteiger partial charge in [-0.25, -0.2) is 9.13 Å². The van der Waals surface area contributed by atoms with Gasteiger partial charge >= 0.3 is 0 Å². The van der Waals surface area contributed by atoms with Gasteiger partial charge in [0.25, 0.3) is 5.82 Å². The predicted octanol–water partition coefficient (Wildman–Crippen LogP) is 3.47. The van der Waals surface area contributed by atoms with E-state index < -0.39 is 0 Å². The van der Waals surface area contributed by atoms with Crippen molar-refractivity contribution in [3.63, 3.8) is 0 Å². The SMILES string of the molecule is C=CCc1ccc(C[n+]2ccn(CC=C)c2CC=C)cc1. The lowest BCUT2D eigenvalue weighted by Crippen LogP contribution is -2.37. The summed E-state index contributed by atoms with van der Waals surface area (Å²) < 4.78 is 4.48. The monoisotopic (exact) mass is 279 g/mol. The number of imidazole rings is 1. The molecule has 0 aliphatic rings. The summed E-state index contributed by atoms with van der Waals surface area (Å²) >= 11 is 0. The van der Waals surface area contributed by atoms with Gasteiger partial charge in [0.05, 0.1) is 6.42 Å². The third-order valence-electron chi connectivity index (χ3n) is 3.50. The van der Waals surface area contributed by atoms with Crippen LogP contribution in [0.3, 0.4) is 0 Å². The number of allylic oxidation sites excluding steroid dienone is 3. The van der Waals surface area contributed by atoms with Gasteiger partial charge in [-0.3, -0.25) is 0 Å². The Morgan fingerprint density at radius 1 is 0.905 bits per heavy atom. The number of aromatic nitrogens is 2. The zero-order valence-corrected chi connectivity index (χ0v) is 12.5. The van der Waals surface area contributed by atoms with Crippen LogP contribution in [-0.2, 0) is 25.9 Å². The molecule has 0 saturated carbocycles. The lowest BCUT2D eigenvalue weighted by Gasteiger charge is -2.04. The van der Waals surface area contributed by atoms with Crippen LogP contribution in [0, 0.1) is 0 Å². The Bertz CT molecular complexity index is 618. The third kappa shape index (κ3) is 3.82. The molecule has 21 heavy (non-hydrogen) atoms. The Morgan fingerprint density at radius 3 is 2.19 bits per heavy atom. The molecule has 0 unspecified atom stereocenters. The zero-order valence-electron chi connectivity index (χ0n) is 12.5. The molecule has 0 atom stereocenters. The van der Waals surface area contributed by atoms with Crippen molar-refractivity contribution in [3.05, 3.63) is 91.6 Å². The highest BCUT2D eigenvalue weighted by molar-refractivity contribution is 5.23. The second-order valence-electron chi connectivity index (χ2n) is 5.09. The lowest BCUT2D eigenvalue weighted by atomic mass is 10.1. The Hall–Kier alpha value is -2.35. The number of hydrogen-bond acceptors (Lipinski definition) is 0. The van der Waals surface area contributed by atoms with Crippen molar-refractivity contribution in [1.82, 2.24) is 4.57 Å². The molecule has 0 bridgehead atoms. The first kappa shape index (κ1) is 15.0. The van der Waals surface area contributed by atoms with Gasteiger partial charge in [-0.05, 0) is 17.5 Å². The maximum atomic E-state index is 3.86. The quantitative estimate of drug-likeness (QED) is 0.517. The van der Waals surface area contributed by atoms with Crippen LogP contribution in [0.1, 0.15) is 17.0 Å². The van der Waals surface area contributed by atoms with Gasteiger partial charge < -0.3 is 0 Å². The van der Waals surface area contributed by atoms with Crippen LogP contribution < -0.4 is 4.57 Å². The summed E-state index contributed by atoms with van der Waals surface area (Å²) in [4.78, 5) is 0. The summed E-state index contributed by atoms with van der Waals surface area (Å²) in [5.74, 6) is 1.25. The summed E-state index contributed by atoms with van der Waals surface area (Å²) in [6.45, 7) is 13.1. The van der Waals surface area contributed by atoms with Crippen molar-refractivity contribution in [2.75, 3.05) is 0 Å². The molecule has 0 amide bonds. The summed E-state index contributed by atoms with van der Waals surface area (Å²) in [5.41, 5.74) is 2.60. The van der Waals surface area contributed by atoms with Gasteiger partial charge in [0.2, 0.25) is 0 Å². The van der Waals surface area contributed by atoms with E-state index in [0.29, 0.717) is 0 Å². The molecule has 0 N–H and O–H groups in total. The molecule has 2 nitrogen and oxygen atoms in total. The summed E-state index contributed by atoms with van der Waals surface area (Å²) in [5, 5.41) is 0. The lowest BCUT2D eigenvalue weighted by molar-refractivity contribution is -0.694. The summed E-state index contributed by atoms with van der Waals surface area (Å²) in [6, 6.07) is 8.72. The number of nitrogens with zero attached hydrogens (tertiary/aromatic N) is 2. The highest BCUT2D eigenvalue weighted by Crippen LogP contribution is 2.07. The van der Waals surface area contributed by atoms with Crippen LogP contribution in [0.2, 0.25) is 0 Å². The van der Waals surface area contributed by atoms with Crippen molar-refractivity contribution in [2.24, 2.45) is 0 Å². The minimum Gasteiger partial charge on any atom is -0.230 e.